The Kier molecular flexibility index (Phi) is 5.73. The number of carbonyl (C=O) groups excluding carboxylic acids is 1. The molecule has 32 heavy (non-hydrogen) atoms. The summed E-state index contributed by atoms with van der Waals surface area (Å²) in [7, 11) is -3.60. The molecule has 0 bridgehead atoms. The third-order valence-corrected chi connectivity index (χ3v) is 9.53. The van der Waals surface area contributed by atoms with Crippen molar-refractivity contribution in [1.29, 1.82) is 0 Å². The number of hydrogen-bond donors (Lipinski definition) is 0. The van der Waals surface area contributed by atoms with Crippen molar-refractivity contribution in [2.24, 2.45) is 0 Å². The number of rotatable bonds is 4. The van der Waals surface area contributed by atoms with Crippen LogP contribution >= 0.6 is 11.3 Å². The molecule has 3 heterocycles. The molecule has 0 spiro atoms. The van der Waals surface area contributed by atoms with Gasteiger partial charge in [-0.3, -0.25) is 4.79 Å². The van der Waals surface area contributed by atoms with E-state index in [2.05, 4.69) is 14.9 Å². The van der Waals surface area contributed by atoms with Gasteiger partial charge < -0.3 is 4.90 Å². The van der Waals surface area contributed by atoms with Crippen LogP contribution in [-0.2, 0) is 22.9 Å². The largest absolute Gasteiger partial charge is 0.353 e. The highest BCUT2D eigenvalue weighted by Crippen LogP contribution is 2.39. The minimum atomic E-state index is -3.60. The molecule has 0 saturated carbocycles. The zero-order valence-corrected chi connectivity index (χ0v) is 19.7. The summed E-state index contributed by atoms with van der Waals surface area (Å²) in [6, 6.07) is 6.19. The Morgan fingerprint density at radius 2 is 1.69 bits per heavy atom. The number of carbonyl (C=O) groups is 1. The molecule has 5 rings (SSSR count). The van der Waals surface area contributed by atoms with Crippen molar-refractivity contribution >= 4 is 43.2 Å². The predicted octanol–water partition coefficient (Wildman–Crippen LogP) is 3.67. The van der Waals surface area contributed by atoms with Crippen LogP contribution in [-0.4, -0.2) is 54.7 Å². The zero-order valence-electron chi connectivity index (χ0n) is 18.1. The van der Waals surface area contributed by atoms with Gasteiger partial charge in [0, 0.05) is 36.6 Å². The molecule has 1 aromatic carbocycles. The minimum Gasteiger partial charge on any atom is -0.353 e. The molecular weight excluding hydrogens is 444 g/mol. The highest BCUT2D eigenvalue weighted by atomic mass is 32.2. The Labute approximate surface area is 192 Å². The molecule has 1 fully saturated rings. The Bertz CT molecular complexity index is 1260. The van der Waals surface area contributed by atoms with Crippen molar-refractivity contribution in [2.75, 3.05) is 31.1 Å². The summed E-state index contributed by atoms with van der Waals surface area (Å²) < 4.78 is 27.7. The van der Waals surface area contributed by atoms with Crippen LogP contribution in [0.2, 0.25) is 0 Å². The van der Waals surface area contributed by atoms with Crippen LogP contribution in [0.5, 0.6) is 0 Å². The maximum Gasteiger partial charge on any atom is 0.243 e. The first-order valence-electron chi connectivity index (χ1n) is 11.1. The second-order valence-corrected chi connectivity index (χ2v) is 11.4. The summed E-state index contributed by atoms with van der Waals surface area (Å²) in [6.07, 6.45) is 7.50. The quantitative estimate of drug-likeness (QED) is 0.427. The highest BCUT2D eigenvalue weighted by Gasteiger charge is 2.30. The predicted molar refractivity (Wildman–Crippen MR) is 126 cm³/mol. The van der Waals surface area contributed by atoms with Gasteiger partial charge in [0.05, 0.1) is 10.3 Å². The molecule has 9 heteroatoms. The average molecular weight is 471 g/mol. The van der Waals surface area contributed by atoms with Gasteiger partial charge in [0.1, 0.15) is 17.0 Å². The van der Waals surface area contributed by atoms with E-state index in [-0.39, 0.29) is 10.7 Å². The molecule has 2 aromatic heterocycles. The Balaban J connectivity index is 1.37. The monoisotopic (exact) mass is 470 g/mol. The first-order chi connectivity index (χ1) is 15.4. The molecule has 0 N–H and O–H groups in total. The summed E-state index contributed by atoms with van der Waals surface area (Å²) >= 11 is 1.79. The molecule has 3 aromatic rings. The molecule has 7 nitrogen and oxygen atoms in total. The van der Waals surface area contributed by atoms with E-state index in [4.69, 9.17) is 0 Å². The fourth-order valence-electron chi connectivity index (χ4n) is 4.64. The average Bonchev–Trinajstić information content (AvgIpc) is 3.00. The number of thiophene rings is 1. The number of piperazine rings is 1. The Morgan fingerprint density at radius 1 is 0.969 bits per heavy atom. The minimum absolute atomic E-state index is 0.0787. The van der Waals surface area contributed by atoms with E-state index in [1.54, 1.807) is 29.8 Å². The number of fused-ring (bicyclic) bond motifs is 3. The summed E-state index contributed by atoms with van der Waals surface area (Å²) in [5.41, 5.74) is 1.91. The number of Topliss-reactive ketones (excluding diaryl/α,β-unsaturated/α-hetero) is 1. The van der Waals surface area contributed by atoms with E-state index in [0.717, 1.165) is 23.5 Å². The lowest BCUT2D eigenvalue weighted by Crippen LogP contribution is -2.49. The van der Waals surface area contributed by atoms with Crippen LogP contribution < -0.4 is 4.90 Å². The molecule has 1 aliphatic heterocycles. The molecule has 2 aliphatic rings. The third-order valence-electron chi connectivity index (χ3n) is 6.42. The van der Waals surface area contributed by atoms with Crippen LogP contribution in [0, 0.1) is 0 Å². The standard InChI is InChI=1S/C23H26N4O3S2/c1-16(28)17-7-9-18(10-8-17)32(29,30)27-13-11-26(12-14-27)22-21-19-5-3-2-4-6-20(19)31-23(21)25-15-24-22/h7-10,15H,2-6,11-14H2,1H3. The maximum atomic E-state index is 13.1. The highest BCUT2D eigenvalue weighted by molar-refractivity contribution is 7.89. The van der Waals surface area contributed by atoms with Crippen LogP contribution in [0.15, 0.2) is 35.5 Å². The molecule has 0 radical (unpaired) electrons. The number of aromatic nitrogens is 2. The number of sulfonamides is 1. The topological polar surface area (TPSA) is 83.5 Å². The van der Waals surface area contributed by atoms with Gasteiger partial charge in [0.25, 0.3) is 0 Å². The van der Waals surface area contributed by atoms with E-state index in [1.807, 2.05) is 0 Å². The van der Waals surface area contributed by atoms with Gasteiger partial charge in [0.15, 0.2) is 5.78 Å². The first-order valence-corrected chi connectivity index (χ1v) is 13.3. The lowest BCUT2D eigenvalue weighted by atomic mass is 10.1. The molecular formula is C23H26N4O3S2. The van der Waals surface area contributed by atoms with Gasteiger partial charge in [-0.2, -0.15) is 4.31 Å². The molecule has 168 valence electrons. The van der Waals surface area contributed by atoms with Crippen molar-refractivity contribution < 1.29 is 13.2 Å². The molecule has 1 aliphatic carbocycles. The van der Waals surface area contributed by atoms with Crippen LogP contribution in [0.4, 0.5) is 5.82 Å². The van der Waals surface area contributed by atoms with Crippen LogP contribution in [0.1, 0.15) is 47.0 Å². The van der Waals surface area contributed by atoms with Gasteiger partial charge in [-0.05, 0) is 50.3 Å². The first kappa shape index (κ1) is 21.5. The van der Waals surface area contributed by atoms with Crippen molar-refractivity contribution in [3.05, 3.63) is 46.6 Å². The lowest BCUT2D eigenvalue weighted by molar-refractivity contribution is 0.101. The summed E-state index contributed by atoms with van der Waals surface area (Å²) in [5.74, 6) is 0.863. The molecule has 0 unspecified atom stereocenters. The van der Waals surface area contributed by atoms with E-state index in [9.17, 15) is 13.2 Å². The smallest absolute Gasteiger partial charge is 0.243 e. The molecule has 0 amide bonds. The summed E-state index contributed by atoms with van der Waals surface area (Å²) in [5, 5.41) is 1.17. The SMILES string of the molecule is CC(=O)c1ccc(S(=O)(=O)N2CCN(c3ncnc4sc5c(c34)CCCCC5)CC2)cc1. The third kappa shape index (κ3) is 3.82. The van der Waals surface area contributed by atoms with Gasteiger partial charge in [0.2, 0.25) is 10.0 Å². The number of hydrogen-bond acceptors (Lipinski definition) is 7. The van der Waals surface area contributed by atoms with E-state index >= 15 is 0 Å². The maximum absolute atomic E-state index is 13.1. The number of ketones is 1. The number of nitrogens with zero attached hydrogens (tertiary/aromatic N) is 4. The summed E-state index contributed by atoms with van der Waals surface area (Å²) in [4.78, 5) is 25.6. The second-order valence-electron chi connectivity index (χ2n) is 8.41. The van der Waals surface area contributed by atoms with E-state index < -0.39 is 10.0 Å². The van der Waals surface area contributed by atoms with Gasteiger partial charge >= 0.3 is 0 Å². The van der Waals surface area contributed by atoms with Crippen molar-refractivity contribution in [3.8, 4) is 0 Å². The normalized spacial score (nSPS) is 17.8. The zero-order chi connectivity index (χ0) is 22.3. The van der Waals surface area contributed by atoms with E-state index in [1.165, 1.54) is 58.5 Å². The second kappa shape index (κ2) is 8.53. The fraction of sp³-hybridized carbons (Fsp3) is 0.435. The summed E-state index contributed by atoms with van der Waals surface area (Å²) in [6.45, 7) is 3.44. The number of aryl methyl sites for hydroxylation is 2. The molecule has 0 atom stereocenters. The van der Waals surface area contributed by atoms with Crippen molar-refractivity contribution in [3.63, 3.8) is 0 Å². The van der Waals surface area contributed by atoms with Gasteiger partial charge in [-0.15, -0.1) is 11.3 Å². The van der Waals surface area contributed by atoms with Crippen LogP contribution in [0.25, 0.3) is 10.2 Å². The Morgan fingerprint density at radius 3 is 2.41 bits per heavy atom. The van der Waals surface area contributed by atoms with Gasteiger partial charge in [-0.1, -0.05) is 18.6 Å². The van der Waals surface area contributed by atoms with Gasteiger partial charge in [-0.25, -0.2) is 18.4 Å². The fourth-order valence-corrected chi connectivity index (χ4v) is 7.29. The number of benzene rings is 1. The number of anilines is 1. The van der Waals surface area contributed by atoms with Crippen LogP contribution in [0.3, 0.4) is 0 Å². The molecule has 1 saturated heterocycles. The van der Waals surface area contributed by atoms with E-state index in [0.29, 0.717) is 31.7 Å². The van der Waals surface area contributed by atoms with Crippen molar-refractivity contribution in [1.82, 2.24) is 14.3 Å². The lowest BCUT2D eigenvalue weighted by Gasteiger charge is -2.35. The van der Waals surface area contributed by atoms with Crippen molar-refractivity contribution in [2.45, 2.75) is 43.9 Å². The Hall–Kier alpha value is -2.36.